The minimum atomic E-state index is -4.85. The number of alkyl halides is 3. The Hall–Kier alpha value is -1.27. The predicted octanol–water partition coefficient (Wildman–Crippen LogP) is 6.05. The first-order valence-electron chi connectivity index (χ1n) is 5.27. The van der Waals surface area contributed by atoms with Gasteiger partial charge in [-0.15, -0.1) is 0 Å². The quantitative estimate of drug-likeness (QED) is 0.585. The molecule has 0 heterocycles. The Morgan fingerprint density at radius 2 is 1.60 bits per heavy atom. The molecular formula is C13H6BrClF4O. The van der Waals surface area contributed by atoms with Crippen LogP contribution in [0.3, 0.4) is 0 Å². The van der Waals surface area contributed by atoms with Gasteiger partial charge in [0.1, 0.15) is 22.9 Å². The molecule has 0 aromatic heterocycles. The second-order valence-electron chi connectivity index (χ2n) is 3.82. The summed E-state index contributed by atoms with van der Waals surface area (Å²) in [5.74, 6) is -1.23. The Morgan fingerprint density at radius 1 is 1.00 bits per heavy atom. The second kappa shape index (κ2) is 5.61. The molecule has 0 saturated heterocycles. The Labute approximate surface area is 125 Å². The topological polar surface area (TPSA) is 9.23 Å². The van der Waals surface area contributed by atoms with Crippen molar-refractivity contribution in [2.45, 2.75) is 6.18 Å². The molecule has 0 spiro atoms. The Morgan fingerprint density at radius 3 is 2.10 bits per heavy atom. The molecule has 1 nitrogen and oxygen atoms in total. The van der Waals surface area contributed by atoms with Crippen molar-refractivity contribution >= 4 is 27.5 Å². The zero-order valence-corrected chi connectivity index (χ0v) is 12.0. The van der Waals surface area contributed by atoms with Gasteiger partial charge in [0.05, 0.1) is 5.02 Å². The van der Waals surface area contributed by atoms with E-state index < -0.39 is 22.6 Å². The third-order valence-electron chi connectivity index (χ3n) is 2.35. The van der Waals surface area contributed by atoms with Crippen LogP contribution in [0, 0.1) is 5.82 Å². The molecule has 0 aliphatic heterocycles. The van der Waals surface area contributed by atoms with E-state index in [1.54, 1.807) is 24.3 Å². The molecule has 7 heteroatoms. The van der Waals surface area contributed by atoms with Crippen LogP contribution in [0.1, 0.15) is 5.56 Å². The monoisotopic (exact) mass is 368 g/mol. The van der Waals surface area contributed by atoms with Gasteiger partial charge in [-0.3, -0.25) is 0 Å². The van der Waals surface area contributed by atoms with Gasteiger partial charge in [0.2, 0.25) is 0 Å². The van der Waals surface area contributed by atoms with Crippen molar-refractivity contribution in [1.29, 1.82) is 0 Å². The summed E-state index contributed by atoms with van der Waals surface area (Å²) in [6.45, 7) is 0. The molecule has 0 amide bonds. The lowest BCUT2D eigenvalue weighted by atomic mass is 10.2. The molecule has 0 aliphatic rings. The molecule has 0 unspecified atom stereocenters. The SMILES string of the molecule is Fc1cc(Oc2ccc(Br)cc2)cc(Cl)c1C(F)(F)F. The van der Waals surface area contributed by atoms with E-state index in [0.717, 1.165) is 10.5 Å². The molecule has 2 aromatic rings. The van der Waals surface area contributed by atoms with Gasteiger partial charge in [-0.25, -0.2) is 4.39 Å². The van der Waals surface area contributed by atoms with E-state index in [-0.39, 0.29) is 5.75 Å². The standard InChI is InChI=1S/C13H6BrClF4O/c14-7-1-3-8(4-2-7)20-9-5-10(15)12(11(16)6-9)13(17,18)19/h1-6H. The molecule has 0 saturated carbocycles. The number of ether oxygens (including phenoxy) is 1. The fourth-order valence-electron chi connectivity index (χ4n) is 1.52. The van der Waals surface area contributed by atoms with Gasteiger partial charge in [0.15, 0.2) is 0 Å². The highest BCUT2D eigenvalue weighted by Gasteiger charge is 2.37. The van der Waals surface area contributed by atoms with E-state index in [4.69, 9.17) is 16.3 Å². The highest BCUT2D eigenvalue weighted by atomic mass is 79.9. The van der Waals surface area contributed by atoms with E-state index in [1.807, 2.05) is 0 Å². The Bertz CT molecular complexity index is 602. The van der Waals surface area contributed by atoms with Crippen LogP contribution in [0.25, 0.3) is 0 Å². The van der Waals surface area contributed by atoms with Crippen molar-refractivity contribution in [3.63, 3.8) is 0 Å². The second-order valence-corrected chi connectivity index (χ2v) is 5.14. The maximum Gasteiger partial charge on any atom is 0.420 e. The van der Waals surface area contributed by atoms with Crippen molar-refractivity contribution in [2.24, 2.45) is 0 Å². The molecule has 20 heavy (non-hydrogen) atoms. The fraction of sp³-hybridized carbons (Fsp3) is 0.0769. The maximum atomic E-state index is 13.5. The molecule has 2 rings (SSSR count). The van der Waals surface area contributed by atoms with Gasteiger partial charge in [0.25, 0.3) is 0 Å². The van der Waals surface area contributed by atoms with Crippen LogP contribution in [-0.4, -0.2) is 0 Å². The third-order valence-corrected chi connectivity index (χ3v) is 3.18. The Kier molecular flexibility index (Phi) is 4.25. The highest BCUT2D eigenvalue weighted by Crippen LogP contribution is 2.39. The van der Waals surface area contributed by atoms with Crippen LogP contribution in [-0.2, 0) is 6.18 Å². The van der Waals surface area contributed by atoms with Gasteiger partial charge >= 0.3 is 6.18 Å². The summed E-state index contributed by atoms with van der Waals surface area (Å²) < 4.78 is 57.2. The lowest BCUT2D eigenvalue weighted by Gasteiger charge is -2.12. The fourth-order valence-corrected chi connectivity index (χ4v) is 2.09. The first-order valence-corrected chi connectivity index (χ1v) is 6.44. The molecule has 106 valence electrons. The summed E-state index contributed by atoms with van der Waals surface area (Å²) in [4.78, 5) is 0. The highest BCUT2D eigenvalue weighted by molar-refractivity contribution is 9.10. The van der Waals surface area contributed by atoms with Gasteiger partial charge in [-0.05, 0) is 24.3 Å². The molecule has 0 N–H and O–H groups in total. The molecule has 0 fully saturated rings. The number of hydrogen-bond acceptors (Lipinski definition) is 1. The van der Waals surface area contributed by atoms with Crippen LogP contribution in [0.4, 0.5) is 17.6 Å². The number of benzene rings is 2. The summed E-state index contributed by atoms with van der Waals surface area (Å²) in [5.41, 5.74) is -1.50. The number of halogens is 6. The van der Waals surface area contributed by atoms with E-state index in [2.05, 4.69) is 15.9 Å². The smallest absolute Gasteiger partial charge is 0.420 e. The average molecular weight is 370 g/mol. The average Bonchev–Trinajstić information content (AvgIpc) is 2.29. The van der Waals surface area contributed by atoms with Gasteiger partial charge in [0, 0.05) is 16.6 Å². The van der Waals surface area contributed by atoms with Crippen molar-refractivity contribution in [3.05, 3.63) is 57.3 Å². The zero-order valence-electron chi connectivity index (χ0n) is 9.64. The van der Waals surface area contributed by atoms with Gasteiger partial charge in [-0.2, -0.15) is 13.2 Å². The van der Waals surface area contributed by atoms with Crippen molar-refractivity contribution < 1.29 is 22.3 Å². The molecule has 0 radical (unpaired) electrons. The van der Waals surface area contributed by atoms with Crippen LogP contribution in [0.5, 0.6) is 11.5 Å². The maximum absolute atomic E-state index is 13.5. The molecule has 0 aliphatic carbocycles. The van der Waals surface area contributed by atoms with Crippen LogP contribution >= 0.6 is 27.5 Å². The van der Waals surface area contributed by atoms with Crippen molar-refractivity contribution in [1.82, 2.24) is 0 Å². The van der Waals surface area contributed by atoms with Crippen LogP contribution < -0.4 is 4.74 Å². The molecule has 0 bridgehead atoms. The van der Waals surface area contributed by atoms with Gasteiger partial charge in [-0.1, -0.05) is 27.5 Å². The predicted molar refractivity (Wildman–Crippen MR) is 70.6 cm³/mol. The van der Waals surface area contributed by atoms with Crippen LogP contribution in [0.2, 0.25) is 5.02 Å². The van der Waals surface area contributed by atoms with Crippen LogP contribution in [0.15, 0.2) is 40.9 Å². The summed E-state index contributed by atoms with van der Waals surface area (Å²) in [6.07, 6.45) is -4.85. The number of rotatable bonds is 2. The normalized spacial score (nSPS) is 11.5. The summed E-state index contributed by atoms with van der Waals surface area (Å²) >= 11 is 8.69. The summed E-state index contributed by atoms with van der Waals surface area (Å²) in [5, 5.41) is -0.746. The van der Waals surface area contributed by atoms with E-state index in [1.165, 1.54) is 0 Å². The first-order chi connectivity index (χ1) is 9.27. The number of hydrogen-bond donors (Lipinski definition) is 0. The first kappa shape index (κ1) is 15.1. The molecule has 2 aromatic carbocycles. The van der Waals surface area contributed by atoms with Gasteiger partial charge < -0.3 is 4.74 Å². The largest absolute Gasteiger partial charge is 0.457 e. The van der Waals surface area contributed by atoms with E-state index in [0.29, 0.717) is 11.8 Å². The van der Waals surface area contributed by atoms with E-state index >= 15 is 0 Å². The minimum absolute atomic E-state index is 0.108. The van der Waals surface area contributed by atoms with Crippen molar-refractivity contribution in [2.75, 3.05) is 0 Å². The summed E-state index contributed by atoms with van der Waals surface area (Å²) in [6, 6.07) is 8.09. The van der Waals surface area contributed by atoms with E-state index in [9.17, 15) is 17.6 Å². The zero-order chi connectivity index (χ0) is 14.9. The van der Waals surface area contributed by atoms with Crippen molar-refractivity contribution in [3.8, 4) is 11.5 Å². The molecular weight excluding hydrogens is 363 g/mol. The Balaban J connectivity index is 2.33. The third kappa shape index (κ3) is 3.43. The lowest BCUT2D eigenvalue weighted by Crippen LogP contribution is -2.09. The minimum Gasteiger partial charge on any atom is -0.457 e. The molecule has 0 atom stereocenters. The lowest BCUT2D eigenvalue weighted by molar-refractivity contribution is -0.139. The summed E-state index contributed by atoms with van der Waals surface area (Å²) in [7, 11) is 0.